The van der Waals surface area contributed by atoms with E-state index < -0.39 is 0 Å². The monoisotopic (exact) mass is 268 g/mol. The smallest absolute Gasteiger partial charge is 0.0540 e. The third-order valence-electron chi connectivity index (χ3n) is 4.78. The summed E-state index contributed by atoms with van der Waals surface area (Å²) in [5.41, 5.74) is 0.516. The highest BCUT2D eigenvalue weighted by Gasteiger charge is 2.17. The van der Waals surface area contributed by atoms with Gasteiger partial charge in [-0.25, -0.2) is 0 Å². The lowest BCUT2D eigenvalue weighted by Gasteiger charge is -2.25. The second-order valence-electron chi connectivity index (χ2n) is 7.43. The Morgan fingerprint density at radius 1 is 0.632 bits per heavy atom. The second-order valence-corrected chi connectivity index (χ2v) is 7.43. The largest absolute Gasteiger partial charge is 0.393 e. The maximum atomic E-state index is 9.95. The molecule has 0 aromatic rings. The van der Waals surface area contributed by atoms with Crippen LogP contribution < -0.4 is 0 Å². The van der Waals surface area contributed by atoms with E-state index in [1.807, 2.05) is 0 Å². The summed E-state index contributed by atoms with van der Waals surface area (Å²) in [6.45, 7) is 4.85. The van der Waals surface area contributed by atoms with E-state index in [2.05, 4.69) is 13.8 Å². The van der Waals surface area contributed by atoms with Gasteiger partial charge in [-0.05, 0) is 31.1 Å². The van der Waals surface area contributed by atoms with Gasteiger partial charge >= 0.3 is 0 Å². The first kappa shape index (κ1) is 17.0. The zero-order valence-electron chi connectivity index (χ0n) is 13.4. The van der Waals surface area contributed by atoms with Crippen LogP contribution in [-0.2, 0) is 0 Å². The van der Waals surface area contributed by atoms with Crippen molar-refractivity contribution in [2.45, 2.75) is 110 Å². The molecular weight excluding hydrogens is 232 g/mol. The Balaban J connectivity index is 2.28. The molecule has 114 valence electrons. The number of hydrogen-bond donors (Lipinski definition) is 1. The van der Waals surface area contributed by atoms with Crippen molar-refractivity contribution in [1.82, 2.24) is 0 Å². The van der Waals surface area contributed by atoms with E-state index in [9.17, 15) is 5.11 Å². The zero-order valence-corrected chi connectivity index (χ0v) is 13.4. The van der Waals surface area contributed by atoms with Crippen molar-refractivity contribution in [3.63, 3.8) is 0 Å². The Morgan fingerprint density at radius 3 is 1.58 bits per heavy atom. The average Bonchev–Trinajstić information content (AvgIpc) is 2.36. The molecule has 1 atom stereocenters. The molecule has 0 amide bonds. The normalized spacial score (nSPS) is 28.9. The van der Waals surface area contributed by atoms with Crippen LogP contribution in [-0.4, -0.2) is 11.2 Å². The summed E-state index contributed by atoms with van der Waals surface area (Å²) in [6, 6.07) is 0. The van der Waals surface area contributed by atoms with Crippen LogP contribution in [0.4, 0.5) is 0 Å². The first-order chi connectivity index (χ1) is 9.10. The molecule has 1 heteroatoms. The Kier molecular flexibility index (Phi) is 8.77. The molecular formula is C18H36O. The van der Waals surface area contributed by atoms with E-state index in [1.165, 1.54) is 77.0 Å². The quantitative estimate of drug-likeness (QED) is 0.584. The summed E-state index contributed by atoms with van der Waals surface area (Å²) in [6.07, 6.45) is 18.3. The molecule has 0 saturated heterocycles. The van der Waals surface area contributed by atoms with Gasteiger partial charge in [0, 0.05) is 0 Å². The molecule has 1 nitrogen and oxygen atoms in total. The summed E-state index contributed by atoms with van der Waals surface area (Å²) < 4.78 is 0. The standard InChI is InChI=1S/C18H36O/c1-18(2)15-11-8-6-4-3-5-7-9-13-17(19)14-10-12-16-18/h17,19H,3-16H2,1-2H3. The Morgan fingerprint density at radius 2 is 1.00 bits per heavy atom. The van der Waals surface area contributed by atoms with Gasteiger partial charge in [0.15, 0.2) is 0 Å². The molecule has 1 saturated carbocycles. The molecule has 1 aliphatic rings. The minimum atomic E-state index is -0.0315. The molecule has 1 fully saturated rings. The van der Waals surface area contributed by atoms with E-state index in [0.29, 0.717) is 5.41 Å². The topological polar surface area (TPSA) is 20.2 Å². The van der Waals surface area contributed by atoms with E-state index >= 15 is 0 Å². The lowest BCUT2D eigenvalue weighted by molar-refractivity contribution is 0.144. The van der Waals surface area contributed by atoms with Crippen LogP contribution in [0, 0.1) is 5.41 Å². The van der Waals surface area contributed by atoms with Gasteiger partial charge in [-0.15, -0.1) is 0 Å². The van der Waals surface area contributed by atoms with Gasteiger partial charge in [0.1, 0.15) is 0 Å². The van der Waals surface area contributed by atoms with E-state index in [0.717, 1.165) is 12.8 Å². The highest BCUT2D eigenvalue weighted by Crippen LogP contribution is 2.30. The fraction of sp³-hybridized carbons (Fsp3) is 1.00. The molecule has 0 aliphatic heterocycles. The third kappa shape index (κ3) is 9.49. The second kappa shape index (κ2) is 9.80. The first-order valence-electron chi connectivity index (χ1n) is 8.78. The van der Waals surface area contributed by atoms with Crippen LogP contribution in [0.1, 0.15) is 104 Å². The molecule has 0 heterocycles. The number of rotatable bonds is 0. The van der Waals surface area contributed by atoms with Crippen LogP contribution in [0.5, 0.6) is 0 Å². The molecule has 1 aliphatic carbocycles. The summed E-state index contributed by atoms with van der Waals surface area (Å²) in [4.78, 5) is 0. The Bertz CT molecular complexity index is 210. The van der Waals surface area contributed by atoms with Gasteiger partial charge in [-0.3, -0.25) is 0 Å². The van der Waals surface area contributed by atoms with Gasteiger partial charge in [0.2, 0.25) is 0 Å². The van der Waals surface area contributed by atoms with Crippen molar-refractivity contribution >= 4 is 0 Å². The fourth-order valence-electron chi connectivity index (χ4n) is 3.30. The van der Waals surface area contributed by atoms with Crippen LogP contribution >= 0.6 is 0 Å². The predicted molar refractivity (Wildman–Crippen MR) is 84.4 cm³/mol. The zero-order chi connectivity index (χ0) is 14.0. The van der Waals surface area contributed by atoms with Gasteiger partial charge in [-0.2, -0.15) is 0 Å². The lowest BCUT2D eigenvalue weighted by atomic mass is 9.81. The van der Waals surface area contributed by atoms with Crippen molar-refractivity contribution in [3.05, 3.63) is 0 Å². The molecule has 0 aromatic carbocycles. The Hall–Kier alpha value is -0.0400. The van der Waals surface area contributed by atoms with E-state index in [-0.39, 0.29) is 6.10 Å². The van der Waals surface area contributed by atoms with E-state index in [1.54, 1.807) is 0 Å². The minimum Gasteiger partial charge on any atom is -0.393 e. The molecule has 1 unspecified atom stereocenters. The summed E-state index contributed by atoms with van der Waals surface area (Å²) in [7, 11) is 0. The highest BCUT2D eigenvalue weighted by atomic mass is 16.3. The van der Waals surface area contributed by atoms with Crippen molar-refractivity contribution < 1.29 is 5.11 Å². The van der Waals surface area contributed by atoms with Crippen LogP contribution in [0.25, 0.3) is 0 Å². The van der Waals surface area contributed by atoms with Crippen molar-refractivity contribution in [3.8, 4) is 0 Å². The summed E-state index contributed by atoms with van der Waals surface area (Å²) in [5, 5.41) is 9.95. The van der Waals surface area contributed by atoms with Gasteiger partial charge in [-0.1, -0.05) is 78.1 Å². The maximum Gasteiger partial charge on any atom is 0.0540 e. The SMILES string of the molecule is CC1(C)CCCCCCCCCCC(O)CCCC1. The van der Waals surface area contributed by atoms with Gasteiger partial charge in [0.05, 0.1) is 6.10 Å². The van der Waals surface area contributed by atoms with E-state index in [4.69, 9.17) is 0 Å². The van der Waals surface area contributed by atoms with Crippen LogP contribution in [0.15, 0.2) is 0 Å². The molecule has 0 aromatic heterocycles. The number of aliphatic hydroxyl groups excluding tert-OH is 1. The lowest BCUT2D eigenvalue weighted by Crippen LogP contribution is -2.12. The average molecular weight is 268 g/mol. The van der Waals surface area contributed by atoms with Crippen LogP contribution in [0.3, 0.4) is 0 Å². The molecule has 19 heavy (non-hydrogen) atoms. The molecule has 0 spiro atoms. The van der Waals surface area contributed by atoms with Gasteiger partial charge < -0.3 is 5.11 Å². The first-order valence-corrected chi connectivity index (χ1v) is 8.78. The van der Waals surface area contributed by atoms with Crippen molar-refractivity contribution in [1.29, 1.82) is 0 Å². The molecule has 1 rings (SSSR count). The van der Waals surface area contributed by atoms with Crippen molar-refractivity contribution in [2.75, 3.05) is 0 Å². The summed E-state index contributed by atoms with van der Waals surface area (Å²) >= 11 is 0. The third-order valence-corrected chi connectivity index (χ3v) is 4.78. The molecule has 0 radical (unpaired) electrons. The Labute approximate surface area is 121 Å². The van der Waals surface area contributed by atoms with Crippen molar-refractivity contribution in [2.24, 2.45) is 5.41 Å². The molecule has 0 bridgehead atoms. The summed E-state index contributed by atoms with van der Waals surface area (Å²) in [5.74, 6) is 0. The predicted octanol–water partition coefficient (Wildman–Crippen LogP) is 5.85. The minimum absolute atomic E-state index is 0.0315. The number of aliphatic hydroxyl groups is 1. The fourth-order valence-corrected chi connectivity index (χ4v) is 3.30. The van der Waals surface area contributed by atoms with Gasteiger partial charge in [0.25, 0.3) is 0 Å². The number of hydrogen-bond acceptors (Lipinski definition) is 1. The highest BCUT2D eigenvalue weighted by molar-refractivity contribution is 4.69. The maximum absolute atomic E-state index is 9.95. The van der Waals surface area contributed by atoms with Crippen LogP contribution in [0.2, 0.25) is 0 Å². The molecule has 1 N–H and O–H groups in total.